The first-order chi connectivity index (χ1) is 8.29. The van der Waals surface area contributed by atoms with Gasteiger partial charge in [0.05, 0.1) is 0 Å². The SMILES string of the molecule is CCCC1CCN(C(=O)CC2CCNCC2)C1. The first-order valence-corrected chi connectivity index (χ1v) is 7.28. The van der Waals surface area contributed by atoms with Crippen molar-refractivity contribution in [3.63, 3.8) is 0 Å². The zero-order valence-corrected chi connectivity index (χ0v) is 11.1. The van der Waals surface area contributed by atoms with Crippen molar-refractivity contribution in [2.24, 2.45) is 11.8 Å². The summed E-state index contributed by atoms with van der Waals surface area (Å²) < 4.78 is 0. The molecule has 1 atom stereocenters. The van der Waals surface area contributed by atoms with Crippen molar-refractivity contribution in [3.05, 3.63) is 0 Å². The molecule has 1 amide bonds. The molecule has 17 heavy (non-hydrogen) atoms. The lowest BCUT2D eigenvalue weighted by Gasteiger charge is -2.24. The molecular formula is C14H26N2O. The summed E-state index contributed by atoms with van der Waals surface area (Å²) in [6.07, 6.45) is 6.92. The minimum absolute atomic E-state index is 0.413. The smallest absolute Gasteiger partial charge is 0.222 e. The highest BCUT2D eigenvalue weighted by molar-refractivity contribution is 5.76. The molecule has 0 aliphatic carbocycles. The Morgan fingerprint density at radius 3 is 2.71 bits per heavy atom. The van der Waals surface area contributed by atoms with Gasteiger partial charge < -0.3 is 10.2 Å². The van der Waals surface area contributed by atoms with Gasteiger partial charge in [0.2, 0.25) is 5.91 Å². The summed E-state index contributed by atoms with van der Waals surface area (Å²) in [6, 6.07) is 0. The maximum absolute atomic E-state index is 12.2. The second kappa shape index (κ2) is 6.39. The molecule has 0 radical (unpaired) electrons. The van der Waals surface area contributed by atoms with Gasteiger partial charge >= 0.3 is 0 Å². The fourth-order valence-corrected chi connectivity index (χ4v) is 3.16. The molecule has 3 heteroatoms. The molecule has 0 aromatic carbocycles. The van der Waals surface area contributed by atoms with Crippen molar-refractivity contribution >= 4 is 5.91 Å². The number of hydrogen-bond donors (Lipinski definition) is 1. The molecule has 2 aliphatic rings. The van der Waals surface area contributed by atoms with Crippen LogP contribution in [-0.2, 0) is 4.79 Å². The van der Waals surface area contributed by atoms with E-state index in [-0.39, 0.29) is 0 Å². The van der Waals surface area contributed by atoms with Crippen molar-refractivity contribution in [2.75, 3.05) is 26.2 Å². The first kappa shape index (κ1) is 12.9. The highest BCUT2D eigenvalue weighted by Crippen LogP contribution is 2.24. The summed E-state index contributed by atoms with van der Waals surface area (Å²) in [6.45, 7) is 6.46. The number of amides is 1. The van der Waals surface area contributed by atoms with Gasteiger partial charge in [0, 0.05) is 19.5 Å². The van der Waals surface area contributed by atoms with Gasteiger partial charge in [0.1, 0.15) is 0 Å². The van der Waals surface area contributed by atoms with E-state index in [2.05, 4.69) is 17.1 Å². The van der Waals surface area contributed by atoms with E-state index in [0.717, 1.165) is 38.5 Å². The van der Waals surface area contributed by atoms with E-state index in [0.29, 0.717) is 11.8 Å². The topological polar surface area (TPSA) is 32.3 Å². The summed E-state index contributed by atoms with van der Waals surface area (Å²) >= 11 is 0. The molecular weight excluding hydrogens is 212 g/mol. The van der Waals surface area contributed by atoms with Gasteiger partial charge in [-0.3, -0.25) is 4.79 Å². The van der Waals surface area contributed by atoms with Gasteiger partial charge in [-0.15, -0.1) is 0 Å². The van der Waals surface area contributed by atoms with Crippen LogP contribution in [0.1, 0.15) is 45.4 Å². The molecule has 0 aromatic heterocycles. The second-order valence-corrected chi connectivity index (χ2v) is 5.68. The van der Waals surface area contributed by atoms with Crippen LogP contribution in [0.15, 0.2) is 0 Å². The Morgan fingerprint density at radius 2 is 2.00 bits per heavy atom. The number of rotatable bonds is 4. The highest BCUT2D eigenvalue weighted by Gasteiger charge is 2.27. The van der Waals surface area contributed by atoms with Crippen LogP contribution in [0.2, 0.25) is 0 Å². The van der Waals surface area contributed by atoms with Crippen LogP contribution in [0.5, 0.6) is 0 Å². The van der Waals surface area contributed by atoms with Crippen molar-refractivity contribution in [3.8, 4) is 0 Å². The quantitative estimate of drug-likeness (QED) is 0.812. The summed E-state index contributed by atoms with van der Waals surface area (Å²) in [4.78, 5) is 14.3. The number of carbonyl (C=O) groups excluding carboxylic acids is 1. The third-order valence-electron chi connectivity index (χ3n) is 4.26. The molecule has 1 N–H and O–H groups in total. The zero-order valence-electron chi connectivity index (χ0n) is 11.1. The molecule has 3 nitrogen and oxygen atoms in total. The Balaban J connectivity index is 1.72. The van der Waals surface area contributed by atoms with Crippen LogP contribution in [0.4, 0.5) is 0 Å². The van der Waals surface area contributed by atoms with Gasteiger partial charge in [-0.05, 0) is 50.6 Å². The van der Waals surface area contributed by atoms with Crippen LogP contribution >= 0.6 is 0 Å². The van der Waals surface area contributed by atoms with Gasteiger partial charge in [0.15, 0.2) is 0 Å². The number of carbonyl (C=O) groups is 1. The van der Waals surface area contributed by atoms with E-state index < -0.39 is 0 Å². The predicted octanol–water partition coefficient (Wildman–Crippen LogP) is 2.02. The van der Waals surface area contributed by atoms with E-state index in [1.54, 1.807) is 0 Å². The third kappa shape index (κ3) is 3.70. The second-order valence-electron chi connectivity index (χ2n) is 5.68. The van der Waals surface area contributed by atoms with E-state index >= 15 is 0 Å². The fraction of sp³-hybridized carbons (Fsp3) is 0.929. The fourth-order valence-electron chi connectivity index (χ4n) is 3.16. The van der Waals surface area contributed by atoms with Crippen molar-refractivity contribution < 1.29 is 4.79 Å². The van der Waals surface area contributed by atoms with Crippen LogP contribution in [0.25, 0.3) is 0 Å². The van der Waals surface area contributed by atoms with E-state index in [4.69, 9.17) is 0 Å². The summed E-state index contributed by atoms with van der Waals surface area (Å²) in [5.41, 5.74) is 0. The molecule has 2 aliphatic heterocycles. The minimum atomic E-state index is 0.413. The standard InChI is InChI=1S/C14H26N2O/c1-2-3-13-6-9-16(11-13)14(17)10-12-4-7-15-8-5-12/h12-13,15H,2-11H2,1H3. The Morgan fingerprint density at radius 1 is 1.24 bits per heavy atom. The van der Waals surface area contributed by atoms with E-state index in [1.165, 1.54) is 32.1 Å². The summed E-state index contributed by atoms with van der Waals surface area (Å²) in [7, 11) is 0. The molecule has 0 spiro atoms. The number of hydrogen-bond acceptors (Lipinski definition) is 2. The van der Waals surface area contributed by atoms with Crippen molar-refractivity contribution in [1.82, 2.24) is 10.2 Å². The number of nitrogens with zero attached hydrogens (tertiary/aromatic N) is 1. The van der Waals surface area contributed by atoms with Gasteiger partial charge in [0.25, 0.3) is 0 Å². The van der Waals surface area contributed by atoms with E-state index in [9.17, 15) is 4.79 Å². The Labute approximate surface area is 105 Å². The molecule has 98 valence electrons. The normalized spacial score (nSPS) is 26.4. The third-order valence-corrected chi connectivity index (χ3v) is 4.26. The van der Waals surface area contributed by atoms with Crippen molar-refractivity contribution in [2.45, 2.75) is 45.4 Å². The zero-order chi connectivity index (χ0) is 12.1. The number of likely N-dealkylation sites (tertiary alicyclic amines) is 1. The molecule has 2 saturated heterocycles. The van der Waals surface area contributed by atoms with Gasteiger partial charge in [-0.25, -0.2) is 0 Å². The molecule has 2 fully saturated rings. The van der Waals surface area contributed by atoms with Crippen LogP contribution < -0.4 is 5.32 Å². The molecule has 2 heterocycles. The van der Waals surface area contributed by atoms with Gasteiger partial charge in [-0.2, -0.15) is 0 Å². The Bertz CT molecular complexity index is 249. The molecule has 0 bridgehead atoms. The minimum Gasteiger partial charge on any atom is -0.342 e. The van der Waals surface area contributed by atoms with Crippen LogP contribution in [0.3, 0.4) is 0 Å². The summed E-state index contributed by atoms with van der Waals surface area (Å²) in [5, 5.41) is 3.36. The Kier molecular flexibility index (Phi) is 4.84. The lowest BCUT2D eigenvalue weighted by molar-refractivity contribution is -0.131. The summed E-state index contributed by atoms with van der Waals surface area (Å²) in [5.74, 6) is 1.82. The molecule has 1 unspecified atom stereocenters. The molecule has 0 saturated carbocycles. The van der Waals surface area contributed by atoms with Crippen LogP contribution in [0, 0.1) is 11.8 Å². The average molecular weight is 238 g/mol. The maximum Gasteiger partial charge on any atom is 0.222 e. The monoisotopic (exact) mass is 238 g/mol. The maximum atomic E-state index is 12.2. The highest BCUT2D eigenvalue weighted by atomic mass is 16.2. The number of piperidine rings is 1. The first-order valence-electron chi connectivity index (χ1n) is 7.28. The lowest BCUT2D eigenvalue weighted by Crippen LogP contribution is -2.34. The lowest BCUT2D eigenvalue weighted by atomic mass is 9.94. The van der Waals surface area contributed by atoms with Gasteiger partial charge in [-0.1, -0.05) is 13.3 Å². The Hall–Kier alpha value is -0.570. The van der Waals surface area contributed by atoms with E-state index in [1.807, 2.05) is 0 Å². The van der Waals surface area contributed by atoms with Crippen molar-refractivity contribution in [1.29, 1.82) is 0 Å². The average Bonchev–Trinajstić information content (AvgIpc) is 2.79. The predicted molar refractivity (Wildman–Crippen MR) is 69.8 cm³/mol. The molecule has 2 rings (SSSR count). The largest absolute Gasteiger partial charge is 0.342 e. The number of nitrogens with one attached hydrogen (secondary N) is 1. The molecule has 0 aromatic rings. The van der Waals surface area contributed by atoms with Crippen LogP contribution in [-0.4, -0.2) is 37.0 Å².